The molecule has 0 radical (unpaired) electrons. The SMILES string of the molecule is CC(NC(=O)C(C)C(C)C(=O)O)C1CCCCC1. The van der Waals surface area contributed by atoms with Crippen LogP contribution in [0.15, 0.2) is 0 Å². The molecule has 0 bridgehead atoms. The number of hydrogen-bond acceptors (Lipinski definition) is 2. The van der Waals surface area contributed by atoms with E-state index in [4.69, 9.17) is 5.11 Å². The molecule has 0 aromatic carbocycles. The number of carboxylic acids is 1. The van der Waals surface area contributed by atoms with Gasteiger partial charge in [-0.1, -0.05) is 33.1 Å². The highest BCUT2D eigenvalue weighted by atomic mass is 16.4. The average molecular weight is 255 g/mol. The van der Waals surface area contributed by atoms with Crippen molar-refractivity contribution in [1.29, 1.82) is 0 Å². The van der Waals surface area contributed by atoms with Crippen LogP contribution < -0.4 is 5.32 Å². The lowest BCUT2D eigenvalue weighted by atomic mass is 9.84. The lowest BCUT2D eigenvalue weighted by molar-refractivity contribution is -0.146. The summed E-state index contributed by atoms with van der Waals surface area (Å²) in [7, 11) is 0. The Morgan fingerprint density at radius 3 is 2.11 bits per heavy atom. The van der Waals surface area contributed by atoms with E-state index in [2.05, 4.69) is 5.32 Å². The van der Waals surface area contributed by atoms with Crippen LogP contribution in [0.1, 0.15) is 52.9 Å². The molecule has 1 rings (SSSR count). The Bertz CT molecular complexity index is 297. The summed E-state index contributed by atoms with van der Waals surface area (Å²) >= 11 is 0. The van der Waals surface area contributed by atoms with Crippen LogP contribution in [0, 0.1) is 17.8 Å². The van der Waals surface area contributed by atoms with E-state index in [9.17, 15) is 9.59 Å². The Labute approximate surface area is 109 Å². The highest BCUT2D eigenvalue weighted by Gasteiger charge is 2.28. The minimum atomic E-state index is -0.914. The summed E-state index contributed by atoms with van der Waals surface area (Å²) in [4.78, 5) is 22.8. The molecule has 1 fully saturated rings. The first-order valence-electron chi connectivity index (χ1n) is 6.96. The first-order chi connectivity index (χ1) is 8.43. The number of amides is 1. The van der Waals surface area contributed by atoms with E-state index in [1.807, 2.05) is 6.92 Å². The van der Waals surface area contributed by atoms with E-state index in [1.54, 1.807) is 13.8 Å². The first kappa shape index (κ1) is 15.0. The van der Waals surface area contributed by atoms with Gasteiger partial charge in [-0.05, 0) is 25.7 Å². The zero-order chi connectivity index (χ0) is 13.7. The number of carboxylic acid groups (broad SMARTS) is 1. The highest BCUT2D eigenvalue weighted by molar-refractivity contribution is 5.84. The van der Waals surface area contributed by atoms with E-state index in [1.165, 1.54) is 32.1 Å². The lowest BCUT2D eigenvalue weighted by Crippen LogP contribution is -2.43. The van der Waals surface area contributed by atoms with Gasteiger partial charge in [0.1, 0.15) is 0 Å². The molecule has 1 amide bonds. The second-order valence-corrected chi connectivity index (χ2v) is 5.61. The van der Waals surface area contributed by atoms with Gasteiger partial charge in [0.05, 0.1) is 5.92 Å². The molecule has 1 saturated carbocycles. The summed E-state index contributed by atoms with van der Waals surface area (Å²) in [6, 6.07) is 0.154. The van der Waals surface area contributed by atoms with Gasteiger partial charge in [-0.25, -0.2) is 0 Å². The van der Waals surface area contributed by atoms with E-state index in [-0.39, 0.29) is 11.9 Å². The molecule has 4 heteroatoms. The molecule has 0 aromatic heterocycles. The van der Waals surface area contributed by atoms with Crippen molar-refractivity contribution < 1.29 is 14.7 Å². The molecule has 1 aliphatic rings. The number of nitrogens with one attached hydrogen (secondary N) is 1. The fourth-order valence-electron chi connectivity index (χ4n) is 2.55. The number of hydrogen-bond donors (Lipinski definition) is 2. The molecule has 3 atom stereocenters. The molecule has 0 aliphatic heterocycles. The fraction of sp³-hybridized carbons (Fsp3) is 0.857. The van der Waals surface area contributed by atoms with Crippen LogP contribution in [0.25, 0.3) is 0 Å². The number of rotatable bonds is 5. The minimum Gasteiger partial charge on any atom is -0.481 e. The maximum absolute atomic E-state index is 12.0. The van der Waals surface area contributed by atoms with Crippen LogP contribution in [-0.4, -0.2) is 23.0 Å². The Kier molecular flexibility index (Phi) is 5.63. The highest BCUT2D eigenvalue weighted by Crippen LogP contribution is 2.26. The van der Waals surface area contributed by atoms with Crippen molar-refractivity contribution in [2.45, 2.75) is 58.9 Å². The second-order valence-electron chi connectivity index (χ2n) is 5.61. The van der Waals surface area contributed by atoms with Crippen LogP contribution in [0.3, 0.4) is 0 Å². The molecule has 0 aromatic rings. The zero-order valence-corrected chi connectivity index (χ0v) is 11.6. The Morgan fingerprint density at radius 2 is 1.61 bits per heavy atom. The van der Waals surface area contributed by atoms with Crippen molar-refractivity contribution in [1.82, 2.24) is 5.32 Å². The van der Waals surface area contributed by atoms with E-state index in [0.29, 0.717) is 5.92 Å². The molecule has 18 heavy (non-hydrogen) atoms. The van der Waals surface area contributed by atoms with Gasteiger partial charge in [-0.2, -0.15) is 0 Å². The molecule has 4 nitrogen and oxygen atoms in total. The monoisotopic (exact) mass is 255 g/mol. The molecule has 3 unspecified atom stereocenters. The third-order valence-corrected chi connectivity index (χ3v) is 4.28. The number of carbonyl (C=O) groups is 2. The topological polar surface area (TPSA) is 66.4 Å². The Balaban J connectivity index is 2.45. The number of aliphatic carboxylic acids is 1. The smallest absolute Gasteiger partial charge is 0.307 e. The molecule has 104 valence electrons. The predicted molar refractivity (Wildman–Crippen MR) is 70.1 cm³/mol. The van der Waals surface area contributed by atoms with Crippen molar-refractivity contribution in [2.75, 3.05) is 0 Å². The van der Waals surface area contributed by atoms with Crippen molar-refractivity contribution in [3.05, 3.63) is 0 Å². The maximum atomic E-state index is 12.0. The quantitative estimate of drug-likeness (QED) is 0.793. The van der Waals surface area contributed by atoms with Gasteiger partial charge >= 0.3 is 5.97 Å². The normalized spacial score (nSPS) is 21.9. The molecule has 0 saturated heterocycles. The maximum Gasteiger partial charge on any atom is 0.307 e. The predicted octanol–water partition coefficient (Wildman–Crippen LogP) is 2.43. The van der Waals surface area contributed by atoms with Crippen molar-refractivity contribution >= 4 is 11.9 Å². The zero-order valence-electron chi connectivity index (χ0n) is 11.6. The molecule has 0 spiro atoms. The molecule has 0 heterocycles. The van der Waals surface area contributed by atoms with Gasteiger partial charge in [-0.3, -0.25) is 9.59 Å². The standard InChI is InChI=1S/C14H25NO3/c1-9(10(2)14(17)18)13(16)15-11(3)12-7-5-4-6-8-12/h9-12H,4-8H2,1-3H3,(H,15,16)(H,17,18). The summed E-state index contributed by atoms with van der Waals surface area (Å²) in [5.74, 6) is -1.61. The van der Waals surface area contributed by atoms with Crippen LogP contribution in [-0.2, 0) is 9.59 Å². The van der Waals surface area contributed by atoms with E-state index < -0.39 is 17.8 Å². The molecule has 1 aliphatic carbocycles. The van der Waals surface area contributed by atoms with Gasteiger partial charge in [0.25, 0.3) is 0 Å². The van der Waals surface area contributed by atoms with Crippen molar-refractivity contribution in [3.8, 4) is 0 Å². The Hall–Kier alpha value is -1.06. The third-order valence-electron chi connectivity index (χ3n) is 4.28. The van der Waals surface area contributed by atoms with E-state index in [0.717, 1.165) is 0 Å². The lowest BCUT2D eigenvalue weighted by Gasteiger charge is -2.29. The van der Waals surface area contributed by atoms with Gasteiger partial charge in [0.2, 0.25) is 5.91 Å². The van der Waals surface area contributed by atoms with E-state index >= 15 is 0 Å². The first-order valence-corrected chi connectivity index (χ1v) is 6.96. The summed E-state index contributed by atoms with van der Waals surface area (Å²) < 4.78 is 0. The number of carbonyl (C=O) groups excluding carboxylic acids is 1. The van der Waals surface area contributed by atoms with Crippen molar-refractivity contribution in [3.63, 3.8) is 0 Å². The average Bonchev–Trinajstić information content (AvgIpc) is 2.37. The third kappa shape index (κ3) is 4.00. The largest absolute Gasteiger partial charge is 0.481 e. The summed E-state index contributed by atoms with van der Waals surface area (Å²) in [5, 5.41) is 11.9. The minimum absolute atomic E-state index is 0.136. The van der Waals surface area contributed by atoms with Gasteiger partial charge in [0.15, 0.2) is 0 Å². The van der Waals surface area contributed by atoms with Crippen LogP contribution >= 0.6 is 0 Å². The fourth-order valence-corrected chi connectivity index (χ4v) is 2.55. The van der Waals surface area contributed by atoms with Gasteiger partial charge in [-0.15, -0.1) is 0 Å². The summed E-state index contributed by atoms with van der Waals surface area (Å²) in [5.41, 5.74) is 0. The molecule has 2 N–H and O–H groups in total. The molecular weight excluding hydrogens is 230 g/mol. The van der Waals surface area contributed by atoms with Crippen LogP contribution in [0.5, 0.6) is 0 Å². The van der Waals surface area contributed by atoms with Crippen molar-refractivity contribution in [2.24, 2.45) is 17.8 Å². The Morgan fingerprint density at radius 1 is 1.06 bits per heavy atom. The van der Waals surface area contributed by atoms with Gasteiger partial charge < -0.3 is 10.4 Å². The molecular formula is C14H25NO3. The summed E-state index contributed by atoms with van der Waals surface area (Å²) in [6.45, 7) is 5.30. The van der Waals surface area contributed by atoms with Crippen LogP contribution in [0.4, 0.5) is 0 Å². The second kappa shape index (κ2) is 6.76. The summed E-state index contributed by atoms with van der Waals surface area (Å²) in [6.07, 6.45) is 6.12. The van der Waals surface area contributed by atoms with Gasteiger partial charge in [0, 0.05) is 12.0 Å². The van der Waals surface area contributed by atoms with Crippen LogP contribution in [0.2, 0.25) is 0 Å².